The van der Waals surface area contributed by atoms with Crippen LogP contribution in [0.2, 0.25) is 0 Å². The van der Waals surface area contributed by atoms with Gasteiger partial charge in [-0.3, -0.25) is 9.59 Å². The Hall–Kier alpha value is -1.22. The quantitative estimate of drug-likeness (QED) is 0.692. The third-order valence-electron chi connectivity index (χ3n) is 2.76. The van der Waals surface area contributed by atoms with Crippen molar-refractivity contribution in [2.75, 3.05) is 0 Å². The summed E-state index contributed by atoms with van der Waals surface area (Å²) in [6.07, 6.45) is 1.10. The highest BCUT2D eigenvalue weighted by molar-refractivity contribution is 5.96. The van der Waals surface area contributed by atoms with Crippen LogP contribution in [0.5, 0.6) is 0 Å². The Morgan fingerprint density at radius 3 is 1.26 bits per heavy atom. The lowest BCUT2D eigenvalue weighted by Gasteiger charge is -2.36. The van der Waals surface area contributed by atoms with E-state index in [-0.39, 0.29) is 11.6 Å². The predicted molar refractivity (Wildman–Crippen MR) is 78.0 cm³/mol. The van der Waals surface area contributed by atoms with Gasteiger partial charge in [0.05, 0.1) is 0 Å². The molecular formula is C16H26O3. The largest absolute Gasteiger partial charge is 0.358 e. The first kappa shape index (κ1) is 17.8. The van der Waals surface area contributed by atoms with Gasteiger partial charge in [0.15, 0.2) is 11.6 Å². The molecule has 0 amide bonds. The summed E-state index contributed by atoms with van der Waals surface area (Å²) in [6.45, 7) is 18.4. The molecule has 0 rings (SSSR count). The molecular weight excluding hydrogens is 240 g/mol. The maximum atomic E-state index is 12.0. The monoisotopic (exact) mass is 266 g/mol. The van der Waals surface area contributed by atoms with Crippen molar-refractivity contribution in [3.05, 3.63) is 25.3 Å². The molecule has 0 aliphatic carbocycles. The van der Waals surface area contributed by atoms with E-state index in [2.05, 4.69) is 13.2 Å². The Morgan fingerprint density at radius 1 is 0.842 bits per heavy atom. The lowest BCUT2D eigenvalue weighted by atomic mass is 9.83. The maximum absolute atomic E-state index is 12.0. The Labute approximate surface area is 116 Å². The highest BCUT2D eigenvalue weighted by atomic mass is 16.5. The molecule has 3 nitrogen and oxygen atoms in total. The molecule has 108 valence electrons. The Balaban J connectivity index is 5.39. The fourth-order valence-electron chi connectivity index (χ4n) is 1.75. The van der Waals surface area contributed by atoms with Crippen LogP contribution < -0.4 is 0 Å². The summed E-state index contributed by atoms with van der Waals surface area (Å²) in [5, 5.41) is 0. The summed E-state index contributed by atoms with van der Waals surface area (Å²) in [6, 6.07) is 0. The minimum atomic E-state index is -0.696. The molecule has 0 aromatic heterocycles. The second kappa shape index (κ2) is 6.29. The topological polar surface area (TPSA) is 43.4 Å². The molecule has 0 saturated heterocycles. The molecule has 0 aliphatic rings. The zero-order chi connectivity index (χ0) is 15.4. The van der Waals surface area contributed by atoms with Crippen LogP contribution in [0.15, 0.2) is 25.3 Å². The molecule has 0 aromatic carbocycles. The van der Waals surface area contributed by atoms with Gasteiger partial charge in [-0.15, -0.1) is 0 Å². The maximum Gasteiger partial charge on any atom is 0.184 e. The van der Waals surface area contributed by atoms with Crippen molar-refractivity contribution in [2.45, 2.75) is 53.8 Å². The minimum absolute atomic E-state index is 0.210. The summed E-state index contributed by atoms with van der Waals surface area (Å²) in [7, 11) is 0. The van der Waals surface area contributed by atoms with Crippen LogP contribution in [-0.4, -0.2) is 23.8 Å². The summed E-state index contributed by atoms with van der Waals surface area (Å²) in [5.74, 6) is -0.419. The number of rotatable bonds is 6. The van der Waals surface area contributed by atoms with Crippen molar-refractivity contribution in [3.63, 3.8) is 0 Å². The van der Waals surface area contributed by atoms with Gasteiger partial charge >= 0.3 is 0 Å². The zero-order valence-corrected chi connectivity index (χ0v) is 12.9. The van der Waals surface area contributed by atoms with Crippen molar-refractivity contribution in [1.82, 2.24) is 0 Å². The second-order valence-electron chi connectivity index (χ2n) is 6.84. The normalized spacial score (nSPS) is 15.5. The number of hydrogen-bond donors (Lipinski definition) is 0. The molecule has 2 unspecified atom stereocenters. The average Bonchev–Trinajstić information content (AvgIpc) is 2.24. The van der Waals surface area contributed by atoms with E-state index in [9.17, 15) is 9.59 Å². The van der Waals surface area contributed by atoms with Crippen molar-refractivity contribution < 1.29 is 14.3 Å². The molecule has 0 heterocycles. The third-order valence-corrected chi connectivity index (χ3v) is 2.76. The molecule has 19 heavy (non-hydrogen) atoms. The first-order valence-electron chi connectivity index (χ1n) is 6.43. The van der Waals surface area contributed by atoms with Crippen LogP contribution in [0.25, 0.3) is 0 Å². The molecule has 3 heteroatoms. The van der Waals surface area contributed by atoms with Gasteiger partial charge in [0.25, 0.3) is 0 Å². The van der Waals surface area contributed by atoms with Crippen LogP contribution in [0.1, 0.15) is 41.5 Å². The van der Waals surface area contributed by atoms with E-state index in [1.54, 1.807) is 0 Å². The number of carbonyl (C=O) groups excluding carboxylic acids is 2. The third kappa shape index (κ3) is 5.11. The summed E-state index contributed by atoms with van der Waals surface area (Å²) >= 11 is 0. The standard InChI is InChI=1S/C16H26O3/c1-9-11(17)13(15(3,4)5)19-14(12(18)10-2)16(6,7)8/h9-10,13-14H,1-2H2,3-8H3. The van der Waals surface area contributed by atoms with Gasteiger partial charge in [-0.05, 0) is 23.0 Å². The van der Waals surface area contributed by atoms with Gasteiger partial charge in [0, 0.05) is 0 Å². The molecule has 0 spiro atoms. The van der Waals surface area contributed by atoms with E-state index in [0.29, 0.717) is 0 Å². The van der Waals surface area contributed by atoms with Crippen LogP contribution in [0, 0.1) is 10.8 Å². The van der Waals surface area contributed by atoms with E-state index in [1.807, 2.05) is 41.5 Å². The predicted octanol–water partition coefficient (Wildman–Crippen LogP) is 3.34. The van der Waals surface area contributed by atoms with Gasteiger partial charge in [-0.2, -0.15) is 0 Å². The number of hydrogen-bond acceptors (Lipinski definition) is 3. The Morgan fingerprint density at radius 2 is 1.11 bits per heavy atom. The molecule has 0 N–H and O–H groups in total. The average molecular weight is 266 g/mol. The van der Waals surface area contributed by atoms with Crippen molar-refractivity contribution in [1.29, 1.82) is 0 Å². The number of ketones is 2. The van der Waals surface area contributed by atoms with Gasteiger partial charge < -0.3 is 4.74 Å². The van der Waals surface area contributed by atoms with Gasteiger partial charge in [-0.25, -0.2) is 0 Å². The number of carbonyl (C=O) groups is 2. The van der Waals surface area contributed by atoms with E-state index in [4.69, 9.17) is 4.74 Å². The minimum Gasteiger partial charge on any atom is -0.358 e. The SMILES string of the molecule is C=CC(=O)C(OC(C(=O)C=C)C(C)(C)C)C(C)(C)C. The molecule has 0 fully saturated rings. The smallest absolute Gasteiger partial charge is 0.184 e. The lowest BCUT2D eigenvalue weighted by molar-refractivity contribution is -0.155. The van der Waals surface area contributed by atoms with E-state index >= 15 is 0 Å². The molecule has 0 radical (unpaired) electrons. The highest BCUT2D eigenvalue weighted by Crippen LogP contribution is 2.31. The summed E-state index contributed by atoms with van der Waals surface area (Å²) < 4.78 is 5.84. The van der Waals surface area contributed by atoms with Crippen LogP contribution in [-0.2, 0) is 14.3 Å². The molecule has 0 saturated carbocycles. The van der Waals surface area contributed by atoms with E-state index in [1.165, 1.54) is 12.2 Å². The molecule has 0 aliphatic heterocycles. The van der Waals surface area contributed by atoms with Crippen molar-refractivity contribution in [2.24, 2.45) is 10.8 Å². The molecule has 0 bridgehead atoms. The first-order chi connectivity index (χ1) is 8.45. The van der Waals surface area contributed by atoms with E-state index < -0.39 is 23.0 Å². The van der Waals surface area contributed by atoms with Crippen LogP contribution >= 0.6 is 0 Å². The van der Waals surface area contributed by atoms with Gasteiger partial charge in [0.1, 0.15) is 12.2 Å². The lowest BCUT2D eigenvalue weighted by Crippen LogP contribution is -2.45. The van der Waals surface area contributed by atoms with Crippen molar-refractivity contribution in [3.8, 4) is 0 Å². The Bertz CT molecular complexity index is 330. The van der Waals surface area contributed by atoms with Gasteiger partial charge in [0.2, 0.25) is 0 Å². The first-order valence-corrected chi connectivity index (χ1v) is 6.43. The van der Waals surface area contributed by atoms with Crippen molar-refractivity contribution >= 4 is 11.6 Å². The highest BCUT2D eigenvalue weighted by Gasteiger charge is 2.39. The van der Waals surface area contributed by atoms with Crippen LogP contribution in [0.4, 0.5) is 0 Å². The van der Waals surface area contributed by atoms with Crippen LogP contribution in [0.3, 0.4) is 0 Å². The summed E-state index contributed by atoms with van der Waals surface area (Å²) in [4.78, 5) is 23.9. The molecule has 0 aromatic rings. The van der Waals surface area contributed by atoms with Gasteiger partial charge in [-0.1, -0.05) is 54.7 Å². The molecule has 2 atom stereocenters. The summed E-state index contributed by atoms with van der Waals surface area (Å²) in [5.41, 5.74) is -0.813. The van der Waals surface area contributed by atoms with E-state index in [0.717, 1.165) is 0 Å². The fourth-order valence-corrected chi connectivity index (χ4v) is 1.75. The zero-order valence-electron chi connectivity index (χ0n) is 12.9. The Kier molecular flexibility index (Phi) is 5.88. The fraction of sp³-hybridized carbons (Fsp3) is 0.625. The number of ether oxygens (including phenoxy) is 1. The second-order valence-corrected chi connectivity index (χ2v) is 6.84.